The van der Waals surface area contributed by atoms with Crippen molar-refractivity contribution < 1.29 is 28.0 Å². The molecule has 0 aliphatic rings. The van der Waals surface area contributed by atoms with Gasteiger partial charge in [-0.1, -0.05) is 66.7 Å². The van der Waals surface area contributed by atoms with Gasteiger partial charge in [0.15, 0.2) is 0 Å². The van der Waals surface area contributed by atoms with Crippen LogP contribution in [0.2, 0.25) is 0 Å². The molecule has 0 N–H and O–H groups in total. The minimum atomic E-state index is -3.52. The first-order valence-electron chi connectivity index (χ1n) is 11.8. The van der Waals surface area contributed by atoms with E-state index in [-0.39, 0.29) is 0 Å². The molecule has 0 atom stereocenters. The van der Waals surface area contributed by atoms with E-state index in [9.17, 15) is 4.57 Å². The second-order valence-electron chi connectivity index (χ2n) is 7.34. The molecule has 176 valence electrons. The molecule has 0 radical (unpaired) electrons. The first kappa shape index (κ1) is 29.0. The molecule has 0 aliphatic carbocycles. The lowest BCUT2D eigenvalue weighted by molar-refractivity contribution is -0.132. The van der Waals surface area contributed by atoms with Gasteiger partial charge >= 0.3 is 7.37 Å². The highest BCUT2D eigenvalue weighted by molar-refractivity contribution is 7.59. The highest BCUT2D eigenvalue weighted by Crippen LogP contribution is 2.58. The SMILES string of the molecule is CCCCOC(OCCCC)P(=O)(OCCCC)C(OCCCC)OCCCC. The molecular formula is C22H47O6P. The van der Waals surface area contributed by atoms with Crippen LogP contribution in [0.4, 0.5) is 0 Å². The molecule has 0 saturated carbocycles. The van der Waals surface area contributed by atoms with Crippen LogP contribution in [0.15, 0.2) is 0 Å². The third-order valence-corrected chi connectivity index (χ3v) is 6.77. The lowest BCUT2D eigenvalue weighted by Gasteiger charge is -2.33. The molecule has 29 heavy (non-hydrogen) atoms. The summed E-state index contributed by atoms with van der Waals surface area (Å²) in [7, 11) is -3.52. The number of ether oxygens (including phenoxy) is 4. The third kappa shape index (κ3) is 13.1. The maximum absolute atomic E-state index is 14.1. The van der Waals surface area contributed by atoms with Crippen molar-refractivity contribution in [2.45, 2.75) is 111 Å². The van der Waals surface area contributed by atoms with Gasteiger partial charge in [-0.25, -0.2) is 0 Å². The van der Waals surface area contributed by atoms with Crippen LogP contribution in [0.1, 0.15) is 98.8 Å². The van der Waals surface area contributed by atoms with Crippen molar-refractivity contribution in [1.29, 1.82) is 0 Å². The van der Waals surface area contributed by atoms with Gasteiger partial charge in [0.05, 0.1) is 33.0 Å². The monoisotopic (exact) mass is 438 g/mol. The van der Waals surface area contributed by atoms with Gasteiger partial charge in [0.2, 0.25) is 12.1 Å². The van der Waals surface area contributed by atoms with Crippen LogP contribution in [0.5, 0.6) is 0 Å². The Bertz CT molecular complexity index is 345. The normalized spacial score (nSPS) is 12.4. The fraction of sp³-hybridized carbons (Fsp3) is 1.00. The summed E-state index contributed by atoms with van der Waals surface area (Å²) >= 11 is 0. The van der Waals surface area contributed by atoms with E-state index in [1.165, 1.54) is 0 Å². The number of rotatable bonds is 22. The smallest absolute Gasteiger partial charge is 0.311 e. The lowest BCUT2D eigenvalue weighted by atomic mass is 10.4. The van der Waals surface area contributed by atoms with Gasteiger partial charge in [0.1, 0.15) is 0 Å². The molecule has 0 unspecified atom stereocenters. The van der Waals surface area contributed by atoms with Gasteiger partial charge in [-0.3, -0.25) is 4.57 Å². The fourth-order valence-electron chi connectivity index (χ4n) is 2.40. The summed E-state index contributed by atoms with van der Waals surface area (Å²) in [6.07, 6.45) is 9.24. The predicted octanol–water partition coefficient (Wildman–Crippen LogP) is 6.92. The summed E-state index contributed by atoms with van der Waals surface area (Å²) < 4.78 is 43.9. The number of unbranched alkanes of at least 4 members (excludes halogenated alkanes) is 5. The molecule has 6 nitrogen and oxygen atoms in total. The number of hydrogen-bond acceptors (Lipinski definition) is 6. The van der Waals surface area contributed by atoms with Crippen LogP contribution in [0, 0.1) is 0 Å². The van der Waals surface area contributed by atoms with Crippen molar-refractivity contribution in [2.24, 2.45) is 0 Å². The minimum Gasteiger partial charge on any atom is -0.344 e. The quantitative estimate of drug-likeness (QED) is 0.104. The van der Waals surface area contributed by atoms with E-state index in [1.807, 2.05) is 0 Å². The molecule has 0 aliphatic heterocycles. The summed E-state index contributed by atoms with van der Waals surface area (Å²) in [6.45, 7) is 12.7. The Morgan fingerprint density at radius 3 is 1.07 bits per heavy atom. The van der Waals surface area contributed by atoms with Crippen LogP contribution >= 0.6 is 7.37 Å². The molecule has 0 heterocycles. The Labute approximate surface area is 179 Å². The van der Waals surface area contributed by atoms with E-state index in [2.05, 4.69) is 34.6 Å². The first-order chi connectivity index (χ1) is 14.1. The Balaban J connectivity index is 5.51. The Morgan fingerprint density at radius 1 is 0.517 bits per heavy atom. The lowest BCUT2D eigenvalue weighted by Crippen LogP contribution is -2.31. The first-order valence-corrected chi connectivity index (χ1v) is 13.6. The predicted molar refractivity (Wildman–Crippen MR) is 119 cm³/mol. The van der Waals surface area contributed by atoms with Crippen molar-refractivity contribution in [3.05, 3.63) is 0 Å². The maximum Gasteiger partial charge on any atom is 0.311 e. The molecule has 0 amide bonds. The van der Waals surface area contributed by atoms with Gasteiger partial charge in [0.25, 0.3) is 0 Å². The average Bonchev–Trinajstić information content (AvgIpc) is 2.72. The zero-order valence-electron chi connectivity index (χ0n) is 19.7. The largest absolute Gasteiger partial charge is 0.344 e. The van der Waals surface area contributed by atoms with Crippen molar-refractivity contribution >= 4 is 7.37 Å². The standard InChI is InChI=1S/C22H47O6P/c1-6-11-16-24-21(25-17-12-7-2)29(23,28-20-15-10-5)22(26-18-13-8-3)27-19-14-9-4/h21-22H,6-20H2,1-5H3. The molecule has 0 rings (SSSR count). The van der Waals surface area contributed by atoms with E-state index < -0.39 is 19.4 Å². The summed E-state index contributed by atoms with van der Waals surface area (Å²) in [5.41, 5.74) is 0. The summed E-state index contributed by atoms with van der Waals surface area (Å²) in [4.78, 5) is 0. The molecule has 0 bridgehead atoms. The Kier molecular flexibility index (Phi) is 20.0. The van der Waals surface area contributed by atoms with Crippen molar-refractivity contribution in [2.75, 3.05) is 33.0 Å². The van der Waals surface area contributed by atoms with Gasteiger partial charge < -0.3 is 23.5 Å². The second-order valence-corrected chi connectivity index (χ2v) is 9.74. The van der Waals surface area contributed by atoms with Crippen LogP contribution in [-0.2, 0) is 28.0 Å². The van der Waals surface area contributed by atoms with E-state index in [0.717, 1.165) is 64.2 Å². The Morgan fingerprint density at radius 2 is 0.793 bits per heavy atom. The van der Waals surface area contributed by atoms with E-state index in [4.69, 9.17) is 23.5 Å². The molecule has 0 aromatic carbocycles. The molecular weight excluding hydrogens is 391 g/mol. The van der Waals surface area contributed by atoms with Gasteiger partial charge in [0, 0.05) is 0 Å². The second kappa shape index (κ2) is 20.0. The van der Waals surface area contributed by atoms with Crippen LogP contribution in [-0.4, -0.2) is 45.1 Å². The van der Waals surface area contributed by atoms with Crippen LogP contribution < -0.4 is 0 Å². The van der Waals surface area contributed by atoms with Crippen LogP contribution in [0.3, 0.4) is 0 Å². The highest BCUT2D eigenvalue weighted by Gasteiger charge is 2.46. The average molecular weight is 439 g/mol. The van der Waals surface area contributed by atoms with E-state index >= 15 is 0 Å². The van der Waals surface area contributed by atoms with Crippen molar-refractivity contribution in [3.8, 4) is 0 Å². The highest BCUT2D eigenvalue weighted by atomic mass is 31.2. The van der Waals surface area contributed by atoms with Crippen molar-refractivity contribution in [3.63, 3.8) is 0 Å². The molecule has 0 fully saturated rings. The van der Waals surface area contributed by atoms with Gasteiger partial charge in [-0.2, -0.15) is 0 Å². The molecule has 0 spiro atoms. The molecule has 0 saturated heterocycles. The third-order valence-electron chi connectivity index (χ3n) is 4.41. The molecule has 0 aromatic rings. The fourth-order valence-corrected chi connectivity index (χ4v) is 4.51. The zero-order valence-corrected chi connectivity index (χ0v) is 20.6. The van der Waals surface area contributed by atoms with Crippen LogP contribution in [0.25, 0.3) is 0 Å². The summed E-state index contributed by atoms with van der Waals surface area (Å²) in [5.74, 6) is 0. The van der Waals surface area contributed by atoms with Crippen molar-refractivity contribution in [1.82, 2.24) is 0 Å². The maximum atomic E-state index is 14.1. The molecule has 7 heteroatoms. The van der Waals surface area contributed by atoms with E-state index in [1.54, 1.807) is 0 Å². The number of hydrogen-bond donors (Lipinski definition) is 0. The topological polar surface area (TPSA) is 63.2 Å². The van der Waals surface area contributed by atoms with Gasteiger partial charge in [-0.15, -0.1) is 0 Å². The van der Waals surface area contributed by atoms with Gasteiger partial charge in [-0.05, 0) is 32.1 Å². The zero-order chi connectivity index (χ0) is 21.8. The van der Waals surface area contributed by atoms with E-state index in [0.29, 0.717) is 33.0 Å². The minimum absolute atomic E-state index is 0.378. The summed E-state index contributed by atoms with van der Waals surface area (Å²) in [5, 5.41) is 0. The molecule has 0 aromatic heterocycles. The summed E-state index contributed by atoms with van der Waals surface area (Å²) in [6, 6.07) is -1.91. The Hall–Kier alpha value is 0.0300.